The number of halogens is 1. The second kappa shape index (κ2) is 9.52. The fraction of sp³-hybridized carbons (Fsp3) is 0.480. The molecule has 1 fully saturated rings. The number of benzene rings is 2. The Kier molecular flexibility index (Phi) is 6.88. The number of hydrogen-bond acceptors (Lipinski definition) is 4. The van der Waals surface area contributed by atoms with Crippen LogP contribution in [0.25, 0.3) is 16.6 Å². The fourth-order valence-corrected chi connectivity index (χ4v) is 6.26. The first-order chi connectivity index (χ1) is 15.7. The number of aromatic nitrogens is 2. The van der Waals surface area contributed by atoms with Gasteiger partial charge in [-0.3, -0.25) is 4.90 Å². The van der Waals surface area contributed by atoms with Crippen LogP contribution in [0.1, 0.15) is 44.4 Å². The molecule has 178 valence electrons. The third-order valence-corrected chi connectivity index (χ3v) is 8.34. The van der Waals surface area contributed by atoms with E-state index in [0.29, 0.717) is 25.4 Å². The second-order valence-corrected chi connectivity index (χ2v) is 11.5. The van der Waals surface area contributed by atoms with Crippen molar-refractivity contribution in [2.24, 2.45) is 5.92 Å². The van der Waals surface area contributed by atoms with E-state index in [1.54, 1.807) is 16.4 Å². The molecule has 2 heterocycles. The van der Waals surface area contributed by atoms with Gasteiger partial charge < -0.3 is 0 Å². The molecule has 1 unspecified atom stereocenters. The number of hydrogen-bond donors (Lipinski definition) is 0. The van der Waals surface area contributed by atoms with Gasteiger partial charge in [0.25, 0.3) is 0 Å². The number of fused-ring (bicyclic) bond motifs is 1. The molecule has 0 radical (unpaired) electrons. The fourth-order valence-electron chi connectivity index (χ4n) is 4.76. The van der Waals surface area contributed by atoms with Gasteiger partial charge in [-0.1, -0.05) is 20.8 Å². The van der Waals surface area contributed by atoms with Crippen LogP contribution in [0.3, 0.4) is 0 Å². The number of rotatable bonds is 7. The Morgan fingerprint density at radius 3 is 2.55 bits per heavy atom. The number of sulfonamides is 1. The summed E-state index contributed by atoms with van der Waals surface area (Å²) in [6, 6.07) is 10.5. The Balaban J connectivity index is 1.73. The van der Waals surface area contributed by atoms with E-state index < -0.39 is 10.0 Å². The van der Waals surface area contributed by atoms with Crippen LogP contribution in [0.5, 0.6) is 0 Å². The SMILES string of the molecule is CCCS(=O)(=O)N1CCN(CC(C)C)C(c2cc3cnn(-c4ccc(F)cc4)c3cc2C)C1. The minimum absolute atomic E-state index is 0.00801. The molecule has 0 amide bonds. The highest BCUT2D eigenvalue weighted by Crippen LogP contribution is 2.33. The van der Waals surface area contributed by atoms with Crippen molar-refractivity contribution in [2.75, 3.05) is 31.9 Å². The number of nitrogens with zero attached hydrogens (tertiary/aromatic N) is 4. The first kappa shape index (κ1) is 23.9. The van der Waals surface area contributed by atoms with Gasteiger partial charge in [0.05, 0.1) is 23.2 Å². The van der Waals surface area contributed by atoms with E-state index in [-0.39, 0.29) is 17.6 Å². The smallest absolute Gasteiger partial charge is 0.214 e. The summed E-state index contributed by atoms with van der Waals surface area (Å²) in [4.78, 5) is 2.42. The van der Waals surface area contributed by atoms with Crippen LogP contribution in [0, 0.1) is 18.7 Å². The normalized spacial score (nSPS) is 18.4. The molecule has 0 spiro atoms. The summed E-state index contributed by atoms with van der Waals surface area (Å²) >= 11 is 0. The molecule has 8 heteroatoms. The first-order valence-corrected chi connectivity index (χ1v) is 13.3. The van der Waals surface area contributed by atoms with Crippen LogP contribution in [-0.2, 0) is 10.0 Å². The molecular weight excluding hydrogens is 439 g/mol. The van der Waals surface area contributed by atoms with Crippen LogP contribution in [0.2, 0.25) is 0 Å². The molecule has 4 rings (SSSR count). The molecule has 1 aliphatic rings. The summed E-state index contributed by atoms with van der Waals surface area (Å²) < 4.78 is 42.5. The van der Waals surface area contributed by atoms with Gasteiger partial charge in [0, 0.05) is 37.6 Å². The molecule has 3 aromatic rings. The van der Waals surface area contributed by atoms with Gasteiger partial charge in [-0.05, 0) is 66.8 Å². The van der Waals surface area contributed by atoms with Crippen LogP contribution in [0.4, 0.5) is 4.39 Å². The standard InChI is InChI=1S/C25H33FN4O2S/c1-5-12-33(31,32)29-11-10-28(16-18(2)3)25(17-29)23-14-20-15-27-30(24(20)13-19(23)4)22-8-6-21(26)7-9-22/h6-9,13-15,18,25H,5,10-12,16-17H2,1-4H3. The van der Waals surface area contributed by atoms with Crippen LogP contribution < -0.4 is 0 Å². The average molecular weight is 473 g/mol. The number of piperazine rings is 1. The van der Waals surface area contributed by atoms with E-state index in [1.807, 2.05) is 17.8 Å². The Morgan fingerprint density at radius 2 is 1.88 bits per heavy atom. The summed E-state index contributed by atoms with van der Waals surface area (Å²) in [5.74, 6) is 0.391. The van der Waals surface area contributed by atoms with Crippen molar-refractivity contribution in [3.63, 3.8) is 0 Å². The first-order valence-electron chi connectivity index (χ1n) is 11.7. The lowest BCUT2D eigenvalue weighted by Crippen LogP contribution is -2.51. The summed E-state index contributed by atoms with van der Waals surface area (Å²) in [6.45, 7) is 11.0. The zero-order valence-corrected chi connectivity index (χ0v) is 20.6. The molecule has 0 aliphatic carbocycles. The van der Waals surface area contributed by atoms with Crippen LogP contribution in [0.15, 0.2) is 42.6 Å². The summed E-state index contributed by atoms with van der Waals surface area (Å²) in [5, 5.41) is 5.53. The topological polar surface area (TPSA) is 58.4 Å². The maximum atomic E-state index is 13.4. The highest BCUT2D eigenvalue weighted by molar-refractivity contribution is 7.89. The van der Waals surface area contributed by atoms with Gasteiger partial charge >= 0.3 is 0 Å². The summed E-state index contributed by atoms with van der Waals surface area (Å²) in [7, 11) is -3.26. The van der Waals surface area contributed by atoms with Crippen molar-refractivity contribution in [2.45, 2.75) is 40.2 Å². The zero-order chi connectivity index (χ0) is 23.8. The highest BCUT2D eigenvalue weighted by Gasteiger charge is 2.34. The second-order valence-electron chi connectivity index (χ2n) is 9.38. The van der Waals surface area contributed by atoms with E-state index in [2.05, 4.69) is 42.9 Å². The molecule has 0 saturated carbocycles. The van der Waals surface area contributed by atoms with Crippen molar-refractivity contribution < 1.29 is 12.8 Å². The third-order valence-electron chi connectivity index (χ3n) is 6.30. The maximum Gasteiger partial charge on any atom is 0.214 e. The van der Waals surface area contributed by atoms with Gasteiger partial charge in [-0.2, -0.15) is 9.40 Å². The van der Waals surface area contributed by atoms with E-state index >= 15 is 0 Å². The van der Waals surface area contributed by atoms with E-state index in [0.717, 1.165) is 40.8 Å². The highest BCUT2D eigenvalue weighted by atomic mass is 32.2. The molecule has 0 bridgehead atoms. The predicted octanol–water partition coefficient (Wildman–Crippen LogP) is 4.53. The van der Waals surface area contributed by atoms with Crippen molar-refractivity contribution in [1.29, 1.82) is 0 Å². The molecular formula is C25H33FN4O2S. The van der Waals surface area contributed by atoms with Gasteiger partial charge in [0.2, 0.25) is 10.0 Å². The third kappa shape index (κ3) is 4.98. The molecule has 1 aromatic heterocycles. The van der Waals surface area contributed by atoms with Crippen molar-refractivity contribution in [1.82, 2.24) is 19.0 Å². The van der Waals surface area contributed by atoms with Gasteiger partial charge in [0.15, 0.2) is 0 Å². The Hall–Kier alpha value is -2.29. The zero-order valence-electron chi connectivity index (χ0n) is 19.8. The van der Waals surface area contributed by atoms with Gasteiger partial charge in [-0.15, -0.1) is 0 Å². The minimum atomic E-state index is -3.26. The monoisotopic (exact) mass is 472 g/mol. The summed E-state index contributed by atoms with van der Waals surface area (Å²) in [6.07, 6.45) is 2.44. The van der Waals surface area contributed by atoms with E-state index in [1.165, 1.54) is 12.1 Å². The molecule has 1 saturated heterocycles. The van der Waals surface area contributed by atoms with Gasteiger partial charge in [0.1, 0.15) is 5.82 Å². The Morgan fingerprint density at radius 1 is 1.15 bits per heavy atom. The van der Waals surface area contributed by atoms with Crippen LogP contribution >= 0.6 is 0 Å². The number of aryl methyl sites for hydroxylation is 1. The quantitative estimate of drug-likeness (QED) is 0.507. The van der Waals surface area contributed by atoms with Gasteiger partial charge in [-0.25, -0.2) is 17.5 Å². The maximum absolute atomic E-state index is 13.4. The lowest BCUT2D eigenvalue weighted by molar-refractivity contribution is 0.105. The molecule has 1 aliphatic heterocycles. The molecule has 2 aromatic carbocycles. The van der Waals surface area contributed by atoms with Crippen molar-refractivity contribution >= 4 is 20.9 Å². The lowest BCUT2D eigenvalue weighted by atomic mass is 9.96. The molecule has 0 N–H and O–H groups in total. The molecule has 33 heavy (non-hydrogen) atoms. The largest absolute Gasteiger partial charge is 0.293 e. The van der Waals surface area contributed by atoms with E-state index in [4.69, 9.17) is 0 Å². The van der Waals surface area contributed by atoms with E-state index in [9.17, 15) is 12.8 Å². The molecule has 1 atom stereocenters. The lowest BCUT2D eigenvalue weighted by Gasteiger charge is -2.42. The average Bonchev–Trinajstić information content (AvgIpc) is 3.16. The Bertz CT molecular complexity index is 1220. The van der Waals surface area contributed by atoms with Crippen molar-refractivity contribution in [3.05, 3.63) is 59.5 Å². The van der Waals surface area contributed by atoms with Crippen LogP contribution in [-0.4, -0.2) is 59.3 Å². The Labute approximate surface area is 196 Å². The minimum Gasteiger partial charge on any atom is -0.293 e. The summed E-state index contributed by atoms with van der Waals surface area (Å²) in [5.41, 5.74) is 3.98. The molecule has 6 nitrogen and oxygen atoms in total. The predicted molar refractivity (Wildman–Crippen MR) is 131 cm³/mol. The van der Waals surface area contributed by atoms with Crippen molar-refractivity contribution in [3.8, 4) is 5.69 Å².